The zero-order valence-electron chi connectivity index (χ0n) is 13.3. The molecule has 2 N–H and O–H groups in total. The number of amides is 1. The Hall–Kier alpha value is -3.45. The predicted molar refractivity (Wildman–Crippen MR) is 100 cm³/mol. The molecule has 2 aromatic carbocycles. The molecule has 3 rings (SSSR count). The van der Waals surface area contributed by atoms with Crippen LogP contribution in [-0.2, 0) is 0 Å². The second kappa shape index (κ2) is 7.62. The summed E-state index contributed by atoms with van der Waals surface area (Å²) in [6.45, 7) is 0. The van der Waals surface area contributed by atoms with Crippen molar-refractivity contribution in [2.45, 2.75) is 0 Å². The molecule has 0 aliphatic carbocycles. The quantitative estimate of drug-likeness (QED) is 0.505. The molecule has 0 bridgehead atoms. The Morgan fingerprint density at radius 3 is 2.38 bits per heavy atom. The van der Waals surface area contributed by atoms with E-state index in [9.17, 15) is 14.9 Å². The third kappa shape index (κ3) is 3.96. The summed E-state index contributed by atoms with van der Waals surface area (Å²) in [5, 5.41) is 17.3. The molecular formula is C18H13ClN4O3. The van der Waals surface area contributed by atoms with Crippen LogP contribution in [0.5, 0.6) is 0 Å². The standard InChI is InChI=1S/C18H13ClN4O3/c19-13-9-7-12(8-10-13)18(24)22-15-5-2-1-4-14(15)21-17-16(23(25)26)6-3-11-20-17/h1-11H,(H,20,21)(H,22,24). The summed E-state index contributed by atoms with van der Waals surface area (Å²) in [4.78, 5) is 27.0. The molecule has 0 saturated heterocycles. The summed E-state index contributed by atoms with van der Waals surface area (Å²) < 4.78 is 0. The smallest absolute Gasteiger partial charge is 0.311 e. The highest BCUT2D eigenvalue weighted by molar-refractivity contribution is 6.30. The molecule has 1 aromatic heterocycles. The lowest BCUT2D eigenvalue weighted by Gasteiger charge is -2.12. The van der Waals surface area contributed by atoms with E-state index >= 15 is 0 Å². The van der Waals surface area contributed by atoms with Crippen molar-refractivity contribution in [3.63, 3.8) is 0 Å². The normalized spacial score (nSPS) is 10.2. The van der Waals surface area contributed by atoms with Crippen molar-refractivity contribution in [3.8, 4) is 0 Å². The van der Waals surface area contributed by atoms with Crippen molar-refractivity contribution in [2.24, 2.45) is 0 Å². The molecule has 0 fully saturated rings. The van der Waals surface area contributed by atoms with Crippen molar-refractivity contribution in [1.82, 2.24) is 4.98 Å². The topological polar surface area (TPSA) is 97.2 Å². The molecule has 0 aliphatic rings. The number of hydrogen-bond acceptors (Lipinski definition) is 5. The lowest BCUT2D eigenvalue weighted by atomic mass is 10.2. The molecule has 26 heavy (non-hydrogen) atoms. The number of halogens is 1. The van der Waals surface area contributed by atoms with Gasteiger partial charge in [-0.1, -0.05) is 23.7 Å². The van der Waals surface area contributed by atoms with Gasteiger partial charge < -0.3 is 10.6 Å². The van der Waals surface area contributed by atoms with Gasteiger partial charge in [0, 0.05) is 22.8 Å². The third-order valence-corrected chi connectivity index (χ3v) is 3.77. The molecular weight excluding hydrogens is 356 g/mol. The van der Waals surface area contributed by atoms with Gasteiger partial charge in [0.1, 0.15) is 0 Å². The fourth-order valence-electron chi connectivity index (χ4n) is 2.26. The van der Waals surface area contributed by atoms with Crippen molar-refractivity contribution in [1.29, 1.82) is 0 Å². The number of nitrogens with zero attached hydrogens (tertiary/aromatic N) is 2. The number of anilines is 3. The fourth-order valence-corrected chi connectivity index (χ4v) is 2.39. The molecule has 0 aliphatic heterocycles. The van der Waals surface area contributed by atoms with Crippen LogP contribution in [0, 0.1) is 10.1 Å². The lowest BCUT2D eigenvalue weighted by molar-refractivity contribution is -0.384. The van der Waals surface area contributed by atoms with Gasteiger partial charge in [-0.3, -0.25) is 14.9 Å². The zero-order chi connectivity index (χ0) is 18.5. The number of carbonyl (C=O) groups excluding carboxylic acids is 1. The Bertz CT molecular complexity index is 961. The van der Waals surface area contributed by atoms with Crippen LogP contribution < -0.4 is 10.6 Å². The summed E-state index contributed by atoms with van der Waals surface area (Å²) in [5.74, 6) is -0.239. The Labute approximate surface area is 153 Å². The van der Waals surface area contributed by atoms with Crippen molar-refractivity contribution in [3.05, 3.63) is 87.6 Å². The summed E-state index contributed by atoms with van der Waals surface area (Å²) in [7, 11) is 0. The van der Waals surface area contributed by atoms with Crippen LogP contribution in [-0.4, -0.2) is 15.8 Å². The number of para-hydroxylation sites is 2. The zero-order valence-corrected chi connectivity index (χ0v) is 14.1. The van der Waals surface area contributed by atoms with Gasteiger partial charge in [-0.05, 0) is 42.5 Å². The average Bonchev–Trinajstić information content (AvgIpc) is 2.64. The number of benzene rings is 2. The first-order valence-electron chi connectivity index (χ1n) is 7.57. The Morgan fingerprint density at radius 1 is 1.00 bits per heavy atom. The maximum Gasteiger partial charge on any atom is 0.311 e. The van der Waals surface area contributed by atoms with Crippen LogP contribution in [0.4, 0.5) is 22.9 Å². The van der Waals surface area contributed by atoms with Gasteiger partial charge in [-0.15, -0.1) is 0 Å². The molecule has 0 saturated carbocycles. The minimum absolute atomic E-state index is 0.0886. The molecule has 7 nitrogen and oxygen atoms in total. The SMILES string of the molecule is O=C(Nc1ccccc1Nc1ncccc1[N+](=O)[O-])c1ccc(Cl)cc1. The summed E-state index contributed by atoms with van der Waals surface area (Å²) in [5.41, 5.74) is 1.23. The second-order valence-corrected chi connectivity index (χ2v) is 5.70. The van der Waals surface area contributed by atoms with Gasteiger partial charge in [-0.2, -0.15) is 0 Å². The molecule has 0 unspecified atom stereocenters. The van der Waals surface area contributed by atoms with Crippen LogP contribution >= 0.6 is 11.6 Å². The maximum absolute atomic E-state index is 12.4. The Morgan fingerprint density at radius 2 is 1.69 bits per heavy atom. The molecule has 3 aromatic rings. The predicted octanol–water partition coefficient (Wildman–Crippen LogP) is 4.64. The van der Waals surface area contributed by atoms with Crippen molar-refractivity contribution >= 4 is 40.4 Å². The van der Waals surface area contributed by atoms with E-state index in [4.69, 9.17) is 11.6 Å². The molecule has 0 radical (unpaired) electrons. The van der Waals surface area contributed by atoms with E-state index < -0.39 is 4.92 Å². The first-order chi connectivity index (χ1) is 12.5. The maximum atomic E-state index is 12.4. The molecule has 1 amide bonds. The van der Waals surface area contributed by atoms with E-state index in [-0.39, 0.29) is 17.4 Å². The minimum Gasteiger partial charge on any atom is -0.333 e. The monoisotopic (exact) mass is 368 g/mol. The van der Waals surface area contributed by atoms with Gasteiger partial charge in [0.25, 0.3) is 5.91 Å². The average molecular weight is 369 g/mol. The number of nitrogens with one attached hydrogen (secondary N) is 2. The number of pyridine rings is 1. The van der Waals surface area contributed by atoms with Gasteiger partial charge >= 0.3 is 5.69 Å². The van der Waals surface area contributed by atoms with Crippen LogP contribution in [0.2, 0.25) is 5.02 Å². The number of hydrogen-bond donors (Lipinski definition) is 2. The molecule has 0 spiro atoms. The Balaban J connectivity index is 1.86. The van der Waals surface area contributed by atoms with E-state index in [1.165, 1.54) is 18.3 Å². The first-order valence-corrected chi connectivity index (χ1v) is 7.95. The largest absolute Gasteiger partial charge is 0.333 e. The van der Waals surface area contributed by atoms with Gasteiger partial charge in [0.15, 0.2) is 0 Å². The van der Waals surface area contributed by atoms with E-state index in [1.807, 2.05) is 0 Å². The summed E-state index contributed by atoms with van der Waals surface area (Å²) >= 11 is 5.83. The lowest BCUT2D eigenvalue weighted by Crippen LogP contribution is -2.13. The molecule has 1 heterocycles. The van der Waals surface area contributed by atoms with E-state index in [2.05, 4.69) is 15.6 Å². The van der Waals surface area contributed by atoms with Gasteiger partial charge in [0.05, 0.1) is 16.3 Å². The van der Waals surface area contributed by atoms with Gasteiger partial charge in [-0.25, -0.2) is 4.98 Å². The van der Waals surface area contributed by atoms with Crippen LogP contribution in [0.15, 0.2) is 66.9 Å². The van der Waals surface area contributed by atoms with Crippen LogP contribution in [0.1, 0.15) is 10.4 Å². The summed E-state index contributed by atoms with van der Waals surface area (Å²) in [6.07, 6.45) is 1.45. The molecule has 130 valence electrons. The number of carbonyl (C=O) groups is 1. The minimum atomic E-state index is -0.524. The Kier molecular flexibility index (Phi) is 5.09. The van der Waals surface area contributed by atoms with Crippen LogP contribution in [0.3, 0.4) is 0 Å². The number of aromatic nitrogens is 1. The van der Waals surface area contributed by atoms with Crippen molar-refractivity contribution < 1.29 is 9.72 Å². The van der Waals surface area contributed by atoms with Crippen molar-refractivity contribution in [2.75, 3.05) is 10.6 Å². The van der Waals surface area contributed by atoms with Crippen LogP contribution in [0.25, 0.3) is 0 Å². The highest BCUT2D eigenvalue weighted by Crippen LogP contribution is 2.29. The third-order valence-electron chi connectivity index (χ3n) is 3.52. The number of nitro groups is 1. The highest BCUT2D eigenvalue weighted by atomic mass is 35.5. The number of rotatable bonds is 5. The fraction of sp³-hybridized carbons (Fsp3) is 0. The second-order valence-electron chi connectivity index (χ2n) is 5.26. The van der Waals surface area contributed by atoms with E-state index in [0.29, 0.717) is 22.0 Å². The molecule has 0 atom stereocenters. The van der Waals surface area contributed by atoms with E-state index in [1.54, 1.807) is 48.5 Å². The van der Waals surface area contributed by atoms with E-state index in [0.717, 1.165) is 0 Å². The first kappa shape index (κ1) is 17.4. The summed E-state index contributed by atoms with van der Waals surface area (Å²) in [6, 6.07) is 16.2. The highest BCUT2D eigenvalue weighted by Gasteiger charge is 2.16. The van der Waals surface area contributed by atoms with Gasteiger partial charge in [0.2, 0.25) is 5.82 Å². The molecule has 8 heteroatoms.